The predicted octanol–water partition coefficient (Wildman–Crippen LogP) is -0.767. The number of hydrogen-bond donors (Lipinski definition) is 0. The summed E-state index contributed by atoms with van der Waals surface area (Å²) in [4.78, 5) is 0. The normalized spacial score (nSPS) is 0. The molecule has 0 aromatic carbocycles. The van der Waals surface area contributed by atoms with Crippen molar-refractivity contribution in [2.24, 2.45) is 0 Å². The Kier molecular flexibility index (Phi) is 154. The van der Waals surface area contributed by atoms with Gasteiger partial charge < -0.3 is 0 Å². The Morgan fingerprint density at radius 1 is 1.00 bits per heavy atom. The summed E-state index contributed by atoms with van der Waals surface area (Å²) in [5, 5.41) is 0. The van der Waals surface area contributed by atoms with Crippen molar-refractivity contribution in [2.45, 2.75) is 0 Å². The molecule has 4 heteroatoms. The fourth-order valence-electron chi connectivity index (χ4n) is 0. The van der Waals surface area contributed by atoms with Crippen molar-refractivity contribution in [3.8, 4) is 0 Å². The molecule has 0 aromatic rings. The smallest absolute Gasteiger partial charge is 0 e. The van der Waals surface area contributed by atoms with Crippen molar-refractivity contribution in [2.75, 3.05) is 0 Å². The molecular formula is BMoNbSb. The van der Waals surface area contributed by atoms with E-state index < -0.39 is 0 Å². The third-order valence-corrected chi connectivity index (χ3v) is 0. The van der Waals surface area contributed by atoms with E-state index >= 15 is 0 Å². The molecule has 0 unspecified atom stereocenters. The van der Waals surface area contributed by atoms with Gasteiger partial charge in [0, 0.05) is 76.3 Å². The van der Waals surface area contributed by atoms with Crippen molar-refractivity contribution < 1.29 is 43.4 Å². The van der Waals surface area contributed by atoms with Gasteiger partial charge in [-0.15, -0.1) is 0 Å². The van der Waals surface area contributed by atoms with E-state index in [0.29, 0.717) is 0 Å². The van der Waals surface area contributed by atoms with Crippen LogP contribution in [-0.2, 0) is 43.4 Å². The van der Waals surface area contributed by atoms with Crippen molar-refractivity contribution in [1.29, 1.82) is 0 Å². The molecule has 0 saturated heterocycles. The van der Waals surface area contributed by atoms with Gasteiger partial charge in [0.2, 0.25) is 0 Å². The Balaban J connectivity index is 0. The maximum atomic E-state index is 0. The second kappa shape index (κ2) is 18.5. The Bertz CT molecular complexity index is 8.00. The molecule has 0 bridgehead atoms. The van der Waals surface area contributed by atoms with Gasteiger partial charge in [-0.3, -0.25) is 0 Å². The zero-order valence-electron chi connectivity index (χ0n) is 1.88. The van der Waals surface area contributed by atoms with E-state index in [1.165, 1.54) is 0 Å². The van der Waals surface area contributed by atoms with E-state index in [4.69, 9.17) is 0 Å². The molecule has 7 radical (unpaired) electrons. The Morgan fingerprint density at radius 3 is 1.00 bits per heavy atom. The van der Waals surface area contributed by atoms with Gasteiger partial charge in [0.1, 0.15) is 0 Å². The third-order valence-electron chi connectivity index (χ3n) is 0. The summed E-state index contributed by atoms with van der Waals surface area (Å²) in [6.07, 6.45) is 0. The molecule has 0 aliphatic rings. The summed E-state index contributed by atoms with van der Waals surface area (Å²) in [6, 6.07) is 0. The van der Waals surface area contributed by atoms with Crippen molar-refractivity contribution in [3.63, 3.8) is 0 Å². The standard InChI is InChI=1S/B.Mo.Nb.Sb. The molecule has 0 spiro atoms. The van der Waals surface area contributed by atoms with Crippen LogP contribution in [0.25, 0.3) is 0 Å². The summed E-state index contributed by atoms with van der Waals surface area (Å²) in [5.74, 6) is 0. The van der Waals surface area contributed by atoms with Crippen LogP contribution in [0.5, 0.6) is 0 Å². The zero-order valence-corrected chi connectivity index (χ0v) is 8.64. The average Bonchev–Trinajstić information content (AvgIpc) is 0. The maximum Gasteiger partial charge on any atom is 0 e. The Labute approximate surface area is 75.3 Å². The van der Waals surface area contributed by atoms with E-state index in [1.807, 2.05) is 0 Å². The van der Waals surface area contributed by atoms with Crippen molar-refractivity contribution in [1.82, 2.24) is 0 Å². The third kappa shape index (κ3) is 8.85. The first-order chi connectivity index (χ1) is 0. The fraction of sp³-hybridized carbons (Fsp3) is 0. The molecule has 0 amide bonds. The largest absolute Gasteiger partial charge is 0 e. The van der Waals surface area contributed by atoms with Crippen LogP contribution in [0.3, 0.4) is 0 Å². The van der Waals surface area contributed by atoms with Gasteiger partial charge in [-0.05, 0) is 0 Å². The van der Waals surface area contributed by atoms with Gasteiger partial charge in [-0.25, -0.2) is 0 Å². The molecule has 0 aliphatic carbocycles. The van der Waals surface area contributed by atoms with Crippen LogP contribution in [0.1, 0.15) is 0 Å². The van der Waals surface area contributed by atoms with Gasteiger partial charge in [0.05, 0.1) is 0 Å². The summed E-state index contributed by atoms with van der Waals surface area (Å²) in [6.45, 7) is 0. The van der Waals surface area contributed by atoms with Gasteiger partial charge in [0.25, 0.3) is 0 Å². The molecule has 0 aliphatic heterocycles. The van der Waals surface area contributed by atoms with Crippen LogP contribution in [0.15, 0.2) is 0 Å². The van der Waals surface area contributed by atoms with E-state index in [1.54, 1.807) is 0 Å². The average molecular weight is 321 g/mol. The molecule has 0 fully saturated rings. The summed E-state index contributed by atoms with van der Waals surface area (Å²) in [7, 11) is 0. The summed E-state index contributed by atoms with van der Waals surface area (Å²) >= 11 is 0. The molecular weight excluding hydrogens is 321 g/mol. The van der Waals surface area contributed by atoms with E-state index in [0.717, 1.165) is 0 Å². The molecule has 0 heterocycles. The molecule has 19 valence electrons. The van der Waals surface area contributed by atoms with Gasteiger partial charge in [-0.2, -0.15) is 0 Å². The van der Waals surface area contributed by atoms with Crippen molar-refractivity contribution >= 4 is 32.8 Å². The van der Waals surface area contributed by atoms with Gasteiger partial charge in [0.15, 0.2) is 0 Å². The fourth-order valence-corrected chi connectivity index (χ4v) is 0. The quantitative estimate of drug-likeness (QED) is 0.514. The maximum absolute atomic E-state index is 0. The van der Waals surface area contributed by atoms with Gasteiger partial charge in [-0.1, -0.05) is 0 Å². The minimum Gasteiger partial charge on any atom is 0 e. The molecule has 4 heavy (non-hydrogen) atoms. The molecule has 0 atom stereocenters. The van der Waals surface area contributed by atoms with E-state index in [9.17, 15) is 0 Å². The van der Waals surface area contributed by atoms with Crippen LogP contribution in [-0.4, -0.2) is 32.8 Å². The molecule has 0 nitrogen and oxygen atoms in total. The molecule has 0 aromatic heterocycles. The van der Waals surface area contributed by atoms with Gasteiger partial charge >= 0.3 is 0 Å². The van der Waals surface area contributed by atoms with Crippen LogP contribution >= 0.6 is 0 Å². The van der Waals surface area contributed by atoms with Crippen LogP contribution in [0, 0.1) is 0 Å². The first-order valence-electron chi connectivity index (χ1n) is 0. The Morgan fingerprint density at radius 2 is 1.00 bits per heavy atom. The zero-order chi connectivity index (χ0) is 0. The van der Waals surface area contributed by atoms with E-state index in [2.05, 4.69) is 0 Å². The minimum atomic E-state index is 0. The Hall–Kier alpha value is 2.31. The SMILES string of the molecule is [B].[Mo].[Nb].[Sb]. The topological polar surface area (TPSA) is 0 Å². The minimum absolute atomic E-state index is 0. The van der Waals surface area contributed by atoms with Crippen molar-refractivity contribution in [3.05, 3.63) is 0 Å². The number of rotatable bonds is 0. The second-order valence-corrected chi connectivity index (χ2v) is 0. The molecule has 0 rings (SSSR count). The number of hydrogen-bond acceptors (Lipinski definition) is 0. The summed E-state index contributed by atoms with van der Waals surface area (Å²) in [5.41, 5.74) is 0. The monoisotopic (exact) mass is 323 g/mol. The van der Waals surface area contributed by atoms with Crippen LogP contribution in [0.4, 0.5) is 0 Å². The van der Waals surface area contributed by atoms with Crippen LogP contribution in [0.2, 0.25) is 0 Å². The first kappa shape index (κ1) is 33.3. The predicted molar refractivity (Wildman–Crippen MR) is 11.5 cm³/mol. The molecule has 0 saturated carbocycles. The first-order valence-corrected chi connectivity index (χ1v) is 0. The summed E-state index contributed by atoms with van der Waals surface area (Å²) < 4.78 is 0. The van der Waals surface area contributed by atoms with Crippen LogP contribution < -0.4 is 0 Å². The second-order valence-electron chi connectivity index (χ2n) is 0. The molecule has 0 N–H and O–H groups in total. The van der Waals surface area contributed by atoms with E-state index in [-0.39, 0.29) is 76.3 Å².